The largest absolute Gasteiger partial charge is 0.345 e. The number of nitrogens with zero attached hydrogens (tertiary/aromatic N) is 2. The van der Waals surface area contributed by atoms with Crippen molar-refractivity contribution in [1.29, 1.82) is 0 Å². The van der Waals surface area contributed by atoms with Gasteiger partial charge in [0.2, 0.25) is 0 Å². The lowest BCUT2D eigenvalue weighted by atomic mass is 9.99. The van der Waals surface area contributed by atoms with E-state index in [2.05, 4.69) is 32.0 Å². The van der Waals surface area contributed by atoms with Crippen LogP contribution in [-0.2, 0) is 4.79 Å². The third-order valence-corrected chi connectivity index (χ3v) is 5.04. The number of piperidine rings is 1. The Kier molecular flexibility index (Phi) is 4.78. The number of anilines is 1. The number of hydrogen-bond donors (Lipinski definition) is 2. The van der Waals surface area contributed by atoms with E-state index in [0.717, 1.165) is 24.5 Å². The van der Waals surface area contributed by atoms with Crippen LogP contribution in [0.5, 0.6) is 0 Å². The molecule has 27 heavy (non-hydrogen) atoms. The standard InChI is InChI=1S/C21H21FN4O/c1-14-19(24-13-23-14)12-16-20-15(6-5-11-26-9-3-2-4-10-26)17(22)7-8-18(20)25-21(16)27/h7-8,12-13H,2-4,9-11H2,1H3,(H,23,24)(H,25,27). The number of aromatic amines is 1. The fourth-order valence-corrected chi connectivity index (χ4v) is 3.54. The molecule has 1 amide bonds. The van der Waals surface area contributed by atoms with Gasteiger partial charge in [0, 0.05) is 5.56 Å². The predicted molar refractivity (Wildman–Crippen MR) is 103 cm³/mol. The monoisotopic (exact) mass is 364 g/mol. The van der Waals surface area contributed by atoms with Gasteiger partial charge in [0.15, 0.2) is 0 Å². The van der Waals surface area contributed by atoms with Crippen molar-refractivity contribution in [3.63, 3.8) is 0 Å². The van der Waals surface area contributed by atoms with Crippen LogP contribution >= 0.6 is 0 Å². The van der Waals surface area contributed by atoms with Crippen molar-refractivity contribution in [1.82, 2.24) is 14.9 Å². The fourth-order valence-electron chi connectivity index (χ4n) is 3.54. The number of rotatable bonds is 2. The normalized spacial score (nSPS) is 18.1. The van der Waals surface area contributed by atoms with Crippen LogP contribution in [0.1, 0.15) is 41.8 Å². The Morgan fingerprint density at radius 3 is 2.85 bits per heavy atom. The topological polar surface area (TPSA) is 61.0 Å². The lowest BCUT2D eigenvalue weighted by molar-refractivity contribution is -0.110. The number of aromatic nitrogens is 2. The maximum absolute atomic E-state index is 14.6. The average Bonchev–Trinajstić information content (AvgIpc) is 3.22. The summed E-state index contributed by atoms with van der Waals surface area (Å²) in [5.41, 5.74) is 3.29. The van der Waals surface area contributed by atoms with Gasteiger partial charge >= 0.3 is 0 Å². The Balaban J connectivity index is 1.70. The van der Waals surface area contributed by atoms with Crippen LogP contribution in [0.2, 0.25) is 0 Å². The Bertz CT molecular complexity index is 974. The summed E-state index contributed by atoms with van der Waals surface area (Å²) in [5, 5.41) is 2.80. The van der Waals surface area contributed by atoms with Crippen LogP contribution < -0.4 is 5.32 Å². The van der Waals surface area contributed by atoms with Gasteiger partial charge in [-0.3, -0.25) is 9.69 Å². The van der Waals surface area contributed by atoms with Gasteiger partial charge in [-0.25, -0.2) is 9.37 Å². The molecule has 0 atom stereocenters. The first kappa shape index (κ1) is 17.5. The molecule has 138 valence electrons. The predicted octanol–water partition coefficient (Wildman–Crippen LogP) is 3.19. The molecular weight excluding hydrogens is 343 g/mol. The van der Waals surface area contributed by atoms with E-state index < -0.39 is 5.82 Å². The molecule has 1 fully saturated rings. The Morgan fingerprint density at radius 1 is 1.30 bits per heavy atom. The quantitative estimate of drug-likeness (QED) is 0.636. The molecule has 2 aliphatic heterocycles. The minimum Gasteiger partial charge on any atom is -0.345 e. The minimum atomic E-state index is -0.413. The summed E-state index contributed by atoms with van der Waals surface area (Å²) in [6, 6.07) is 2.94. The lowest BCUT2D eigenvalue weighted by Gasteiger charge is -2.23. The summed E-state index contributed by atoms with van der Waals surface area (Å²) in [5.74, 6) is 5.40. The molecule has 2 aromatic rings. The summed E-state index contributed by atoms with van der Waals surface area (Å²) < 4.78 is 14.6. The zero-order valence-corrected chi connectivity index (χ0v) is 15.2. The first-order valence-corrected chi connectivity index (χ1v) is 9.20. The molecule has 0 saturated carbocycles. The number of fused-ring (bicyclic) bond motifs is 1. The highest BCUT2D eigenvalue weighted by Gasteiger charge is 2.28. The summed E-state index contributed by atoms with van der Waals surface area (Å²) in [6.07, 6.45) is 6.91. The summed E-state index contributed by atoms with van der Waals surface area (Å²) in [6.45, 7) is 4.54. The molecular formula is C21H21FN4O. The number of likely N-dealkylation sites (tertiary alicyclic amines) is 1. The van der Waals surface area contributed by atoms with Crippen molar-refractivity contribution in [2.24, 2.45) is 0 Å². The average molecular weight is 364 g/mol. The van der Waals surface area contributed by atoms with Crippen molar-refractivity contribution >= 4 is 23.2 Å². The molecule has 0 unspecified atom stereocenters. The summed E-state index contributed by atoms with van der Waals surface area (Å²) in [7, 11) is 0. The molecule has 0 aliphatic carbocycles. The van der Waals surface area contributed by atoms with Crippen LogP contribution in [0.4, 0.5) is 10.1 Å². The van der Waals surface area contributed by atoms with Crippen molar-refractivity contribution in [3.05, 3.63) is 46.8 Å². The van der Waals surface area contributed by atoms with E-state index in [1.54, 1.807) is 18.5 Å². The fraction of sp³-hybridized carbons (Fsp3) is 0.333. The van der Waals surface area contributed by atoms with Crippen molar-refractivity contribution in [2.45, 2.75) is 26.2 Å². The number of nitrogens with one attached hydrogen (secondary N) is 2. The maximum Gasteiger partial charge on any atom is 0.256 e. The van der Waals surface area contributed by atoms with Crippen molar-refractivity contribution in [3.8, 4) is 11.8 Å². The minimum absolute atomic E-state index is 0.260. The molecule has 6 heteroatoms. The highest BCUT2D eigenvalue weighted by atomic mass is 19.1. The van der Waals surface area contributed by atoms with Gasteiger partial charge in [0.25, 0.3) is 5.91 Å². The van der Waals surface area contributed by atoms with Crippen LogP contribution in [0.15, 0.2) is 18.5 Å². The molecule has 0 spiro atoms. The number of halogens is 1. The SMILES string of the molecule is Cc1nc[nH]c1C=C1C(=O)Nc2ccc(F)c(C#CCN3CCCCC3)c21. The molecule has 2 aliphatic rings. The molecule has 1 aromatic heterocycles. The van der Waals surface area contributed by atoms with E-state index in [9.17, 15) is 9.18 Å². The van der Waals surface area contributed by atoms with Gasteiger partial charge in [-0.1, -0.05) is 18.3 Å². The summed E-state index contributed by atoms with van der Waals surface area (Å²) >= 11 is 0. The van der Waals surface area contributed by atoms with Crippen LogP contribution in [-0.4, -0.2) is 40.4 Å². The molecule has 0 radical (unpaired) electrons. The van der Waals surface area contributed by atoms with Crippen molar-refractivity contribution < 1.29 is 9.18 Å². The van der Waals surface area contributed by atoms with E-state index in [1.807, 2.05) is 6.92 Å². The third-order valence-electron chi connectivity index (χ3n) is 5.04. The van der Waals surface area contributed by atoms with Crippen LogP contribution in [0, 0.1) is 24.6 Å². The Labute approximate surface area is 157 Å². The lowest BCUT2D eigenvalue weighted by Crippen LogP contribution is -2.29. The van der Waals surface area contributed by atoms with Gasteiger partial charge in [-0.05, 0) is 51.1 Å². The van der Waals surface area contributed by atoms with E-state index in [0.29, 0.717) is 23.4 Å². The molecule has 1 saturated heterocycles. The van der Waals surface area contributed by atoms with E-state index in [4.69, 9.17) is 0 Å². The van der Waals surface area contributed by atoms with Gasteiger partial charge in [-0.2, -0.15) is 0 Å². The van der Waals surface area contributed by atoms with Gasteiger partial charge in [0.05, 0.1) is 41.1 Å². The molecule has 5 nitrogen and oxygen atoms in total. The number of aryl methyl sites for hydroxylation is 1. The second-order valence-electron chi connectivity index (χ2n) is 6.90. The first-order valence-electron chi connectivity index (χ1n) is 9.20. The zero-order valence-electron chi connectivity index (χ0n) is 15.2. The second kappa shape index (κ2) is 7.37. The van der Waals surface area contributed by atoms with E-state index in [-0.39, 0.29) is 11.5 Å². The van der Waals surface area contributed by atoms with Gasteiger partial charge in [0.1, 0.15) is 5.82 Å². The van der Waals surface area contributed by atoms with E-state index >= 15 is 0 Å². The molecule has 2 N–H and O–H groups in total. The number of hydrogen-bond acceptors (Lipinski definition) is 3. The van der Waals surface area contributed by atoms with E-state index in [1.165, 1.54) is 25.3 Å². The first-order chi connectivity index (χ1) is 13.1. The second-order valence-corrected chi connectivity index (χ2v) is 6.90. The number of imidazole rings is 1. The number of carbonyl (C=O) groups excluding carboxylic acids is 1. The molecule has 4 rings (SSSR count). The molecule has 1 aromatic carbocycles. The molecule has 0 bridgehead atoms. The highest BCUT2D eigenvalue weighted by Crippen LogP contribution is 2.36. The number of benzene rings is 1. The maximum atomic E-state index is 14.6. The van der Waals surface area contributed by atoms with Gasteiger partial charge in [-0.15, -0.1) is 0 Å². The van der Waals surface area contributed by atoms with Gasteiger partial charge < -0.3 is 10.3 Å². The summed E-state index contributed by atoms with van der Waals surface area (Å²) in [4.78, 5) is 21.9. The third kappa shape index (κ3) is 3.51. The van der Waals surface area contributed by atoms with Crippen LogP contribution in [0.25, 0.3) is 11.6 Å². The number of H-pyrrole nitrogens is 1. The zero-order chi connectivity index (χ0) is 18.8. The molecule has 3 heterocycles. The highest BCUT2D eigenvalue weighted by molar-refractivity contribution is 6.35. The Morgan fingerprint density at radius 2 is 2.11 bits per heavy atom. The smallest absolute Gasteiger partial charge is 0.256 e. The van der Waals surface area contributed by atoms with Crippen LogP contribution in [0.3, 0.4) is 0 Å². The number of carbonyl (C=O) groups is 1. The van der Waals surface area contributed by atoms with Crippen molar-refractivity contribution in [2.75, 3.05) is 25.0 Å². The number of amides is 1. The Hall–Kier alpha value is -2.91.